The Labute approximate surface area is 322 Å². The molecule has 0 unspecified atom stereocenters. The Kier molecular flexibility index (Phi) is 6.66. The average Bonchev–Trinajstić information content (AvgIpc) is 3.84. The topological polar surface area (TPSA) is 26.3 Å². The summed E-state index contributed by atoms with van der Waals surface area (Å²) in [7, 11) is 0. The number of hydrogen-bond acceptors (Lipinski definition) is 2. The summed E-state index contributed by atoms with van der Waals surface area (Å²) >= 11 is 0. The van der Waals surface area contributed by atoms with E-state index in [2.05, 4.69) is 170 Å². The van der Waals surface area contributed by atoms with Crippen LogP contribution in [0.15, 0.2) is 203 Å². The molecule has 2 nitrogen and oxygen atoms in total. The molecule has 0 bridgehead atoms. The van der Waals surface area contributed by atoms with Crippen molar-refractivity contribution in [3.05, 3.63) is 194 Å². The van der Waals surface area contributed by atoms with Crippen molar-refractivity contribution < 1.29 is 8.83 Å². The van der Waals surface area contributed by atoms with Crippen molar-refractivity contribution in [2.45, 2.75) is 0 Å². The fraction of sp³-hybridized carbons (Fsp3) is 0. The minimum Gasteiger partial charge on any atom is -0.455 e. The first-order valence-electron chi connectivity index (χ1n) is 19.2. The summed E-state index contributed by atoms with van der Waals surface area (Å²) < 4.78 is 13.1. The third kappa shape index (κ3) is 4.57. The lowest BCUT2D eigenvalue weighted by Gasteiger charge is -2.18. The highest BCUT2D eigenvalue weighted by molar-refractivity contribution is 6.25. The quantitative estimate of drug-likeness (QED) is 0.170. The Morgan fingerprint density at radius 1 is 0.268 bits per heavy atom. The van der Waals surface area contributed by atoms with E-state index in [4.69, 9.17) is 8.83 Å². The van der Waals surface area contributed by atoms with E-state index in [1.54, 1.807) is 0 Å². The van der Waals surface area contributed by atoms with Gasteiger partial charge in [0.05, 0.1) is 5.39 Å². The first-order valence-corrected chi connectivity index (χ1v) is 19.2. The van der Waals surface area contributed by atoms with Crippen LogP contribution in [0.25, 0.3) is 121 Å². The molecule has 10 aromatic carbocycles. The molecule has 12 aromatic rings. The Balaban J connectivity index is 1.02. The summed E-state index contributed by atoms with van der Waals surface area (Å²) in [5, 5.41) is 11.8. The van der Waals surface area contributed by atoms with Crippen LogP contribution in [0, 0.1) is 0 Å². The van der Waals surface area contributed by atoms with E-state index in [-0.39, 0.29) is 0 Å². The molecular formula is C54H32O2. The Hall–Kier alpha value is -7.42. The molecule has 0 aliphatic carbocycles. The van der Waals surface area contributed by atoms with Gasteiger partial charge in [-0.05, 0) is 89.5 Å². The van der Waals surface area contributed by atoms with E-state index >= 15 is 0 Å². The fourth-order valence-electron chi connectivity index (χ4n) is 9.14. The number of para-hydroxylation sites is 2. The minimum atomic E-state index is 0.845. The van der Waals surface area contributed by atoms with Crippen LogP contribution in [0.2, 0.25) is 0 Å². The Morgan fingerprint density at radius 3 is 1.30 bits per heavy atom. The molecule has 0 N–H and O–H groups in total. The lowest BCUT2D eigenvalue weighted by Crippen LogP contribution is -1.91. The molecule has 2 heterocycles. The van der Waals surface area contributed by atoms with Crippen LogP contribution in [0.3, 0.4) is 0 Å². The SMILES string of the molecule is c1ccc2c(-c3ccc(-c4c5ccccc5c(-c5ccc(-c6cc7c8ccccc8oc7c7c6oc6ccccc67)cc5)c5ccccc45)cc3)cccc2c1. The smallest absolute Gasteiger partial charge is 0.147 e. The third-order valence-electron chi connectivity index (χ3n) is 11.7. The van der Waals surface area contributed by atoms with Crippen LogP contribution >= 0.6 is 0 Å². The van der Waals surface area contributed by atoms with E-state index < -0.39 is 0 Å². The molecule has 2 aromatic heterocycles. The third-order valence-corrected chi connectivity index (χ3v) is 11.7. The number of fused-ring (bicyclic) bond motifs is 10. The molecule has 0 aliphatic rings. The van der Waals surface area contributed by atoms with Crippen LogP contribution in [-0.2, 0) is 0 Å². The van der Waals surface area contributed by atoms with Gasteiger partial charge in [-0.15, -0.1) is 0 Å². The molecule has 0 saturated carbocycles. The molecule has 2 heteroatoms. The lowest BCUT2D eigenvalue weighted by molar-refractivity contribution is 0.663. The van der Waals surface area contributed by atoms with E-state index in [0.717, 1.165) is 55.0 Å². The van der Waals surface area contributed by atoms with Gasteiger partial charge < -0.3 is 8.83 Å². The van der Waals surface area contributed by atoms with Gasteiger partial charge in [0, 0.05) is 21.7 Å². The second-order valence-corrected chi connectivity index (χ2v) is 14.7. The highest BCUT2D eigenvalue weighted by Gasteiger charge is 2.21. The molecular weight excluding hydrogens is 681 g/mol. The van der Waals surface area contributed by atoms with Gasteiger partial charge in [0.15, 0.2) is 0 Å². The van der Waals surface area contributed by atoms with Gasteiger partial charge in [-0.2, -0.15) is 0 Å². The van der Waals surface area contributed by atoms with Crippen molar-refractivity contribution in [1.29, 1.82) is 0 Å². The molecule has 0 spiro atoms. The maximum Gasteiger partial charge on any atom is 0.147 e. The van der Waals surface area contributed by atoms with Crippen molar-refractivity contribution in [3.8, 4) is 44.5 Å². The van der Waals surface area contributed by atoms with Gasteiger partial charge in [-0.25, -0.2) is 0 Å². The van der Waals surface area contributed by atoms with Gasteiger partial charge in [0.25, 0.3) is 0 Å². The standard InChI is InChI=1S/C54H32O2/c1-2-14-38-33(12-1)13-11-21-39(38)34-24-28-36(29-25-34)50-41-16-3-5-18-43(41)51(44-19-6-4-17-42(44)50)37-30-26-35(27-31-37)46-32-47-40-15-7-9-22-48(40)55-54(47)52-45-20-8-10-23-49(45)56-53(46)52/h1-32H. The maximum atomic E-state index is 6.62. The molecule has 0 fully saturated rings. The van der Waals surface area contributed by atoms with Crippen molar-refractivity contribution in [2.75, 3.05) is 0 Å². The summed E-state index contributed by atoms with van der Waals surface area (Å²) in [6.07, 6.45) is 0. The number of hydrogen-bond donors (Lipinski definition) is 0. The molecule has 0 saturated heterocycles. The zero-order valence-electron chi connectivity index (χ0n) is 30.3. The van der Waals surface area contributed by atoms with Crippen LogP contribution in [0.4, 0.5) is 0 Å². The van der Waals surface area contributed by atoms with Crippen molar-refractivity contribution in [2.24, 2.45) is 0 Å². The van der Waals surface area contributed by atoms with E-state index in [1.807, 2.05) is 24.3 Å². The zero-order valence-corrected chi connectivity index (χ0v) is 30.3. The highest BCUT2D eigenvalue weighted by Crippen LogP contribution is 2.47. The van der Waals surface area contributed by atoms with Crippen LogP contribution < -0.4 is 0 Å². The molecule has 0 amide bonds. The van der Waals surface area contributed by atoms with Crippen molar-refractivity contribution in [1.82, 2.24) is 0 Å². The second-order valence-electron chi connectivity index (χ2n) is 14.7. The predicted molar refractivity (Wildman–Crippen MR) is 235 cm³/mol. The number of benzene rings is 10. The largest absolute Gasteiger partial charge is 0.455 e. The zero-order chi connectivity index (χ0) is 36.7. The number of rotatable bonds is 4. The van der Waals surface area contributed by atoms with E-state index in [0.29, 0.717) is 0 Å². The van der Waals surface area contributed by atoms with E-state index in [9.17, 15) is 0 Å². The molecule has 260 valence electrons. The lowest BCUT2D eigenvalue weighted by atomic mass is 9.85. The normalized spacial score (nSPS) is 11.9. The van der Waals surface area contributed by atoms with Gasteiger partial charge in [0.2, 0.25) is 0 Å². The summed E-state index contributed by atoms with van der Waals surface area (Å²) in [6.45, 7) is 0. The summed E-state index contributed by atoms with van der Waals surface area (Å²) in [5.41, 5.74) is 13.0. The summed E-state index contributed by atoms with van der Waals surface area (Å²) in [4.78, 5) is 0. The molecule has 12 rings (SSSR count). The van der Waals surface area contributed by atoms with Gasteiger partial charge in [-0.1, -0.05) is 176 Å². The second kappa shape index (κ2) is 12.0. The van der Waals surface area contributed by atoms with Gasteiger partial charge in [-0.3, -0.25) is 0 Å². The van der Waals surface area contributed by atoms with Crippen molar-refractivity contribution >= 4 is 76.2 Å². The van der Waals surface area contributed by atoms with E-state index in [1.165, 1.54) is 65.7 Å². The summed E-state index contributed by atoms with van der Waals surface area (Å²) in [5.74, 6) is 0. The van der Waals surface area contributed by atoms with Crippen LogP contribution in [0.5, 0.6) is 0 Å². The average molecular weight is 713 g/mol. The Morgan fingerprint density at radius 2 is 0.696 bits per heavy atom. The first-order chi connectivity index (χ1) is 27.8. The fourth-order valence-corrected chi connectivity index (χ4v) is 9.14. The highest BCUT2D eigenvalue weighted by atomic mass is 16.3. The van der Waals surface area contributed by atoms with Crippen molar-refractivity contribution in [3.63, 3.8) is 0 Å². The molecule has 0 atom stereocenters. The molecule has 56 heavy (non-hydrogen) atoms. The predicted octanol–water partition coefficient (Wildman–Crippen LogP) is 15.6. The van der Waals surface area contributed by atoms with Gasteiger partial charge >= 0.3 is 0 Å². The minimum absolute atomic E-state index is 0.845. The first kappa shape index (κ1) is 31.0. The molecule has 0 aliphatic heterocycles. The maximum absolute atomic E-state index is 6.62. The summed E-state index contributed by atoms with van der Waals surface area (Å²) in [6, 6.07) is 69.8. The van der Waals surface area contributed by atoms with Gasteiger partial charge in [0.1, 0.15) is 22.3 Å². The van der Waals surface area contributed by atoms with Crippen LogP contribution in [-0.4, -0.2) is 0 Å². The van der Waals surface area contributed by atoms with Crippen LogP contribution in [0.1, 0.15) is 0 Å². The Bertz CT molecular complexity index is 3450. The number of furan rings is 2. The molecule has 0 radical (unpaired) electrons. The monoisotopic (exact) mass is 712 g/mol.